The lowest BCUT2D eigenvalue weighted by Crippen LogP contribution is -2.54. The Morgan fingerprint density at radius 3 is 1.90 bits per heavy atom. The summed E-state index contributed by atoms with van der Waals surface area (Å²) in [7, 11) is 0. The average molecular weight is 425 g/mol. The number of esters is 1. The number of ether oxygens (including phenoxy) is 1. The Hall–Kier alpha value is -3.15. The quantitative estimate of drug-likeness (QED) is 0.568. The van der Waals surface area contributed by atoms with Gasteiger partial charge in [0.05, 0.1) is 11.6 Å². The second-order valence-corrected chi connectivity index (χ2v) is 8.03. The highest BCUT2D eigenvalue weighted by Gasteiger charge is 2.29. The van der Waals surface area contributed by atoms with Gasteiger partial charge in [-0.25, -0.2) is 4.79 Å². The molecule has 0 heterocycles. The largest absolute Gasteiger partial charge is 0.460 e. The topological polar surface area (TPSA) is 84.5 Å². The van der Waals surface area contributed by atoms with Gasteiger partial charge in [-0.15, -0.1) is 0 Å². The molecule has 2 aromatic rings. The van der Waals surface area contributed by atoms with Crippen LogP contribution in [0.1, 0.15) is 54.8 Å². The van der Waals surface area contributed by atoms with Crippen LogP contribution in [0.2, 0.25) is 0 Å². The molecule has 3 atom stereocenters. The van der Waals surface area contributed by atoms with E-state index in [0.29, 0.717) is 11.1 Å². The molecule has 2 amide bonds. The monoisotopic (exact) mass is 424 g/mol. The van der Waals surface area contributed by atoms with E-state index in [1.165, 1.54) is 0 Å². The zero-order valence-corrected chi connectivity index (χ0v) is 18.6. The number of hydrogen-bond donors (Lipinski definition) is 2. The van der Waals surface area contributed by atoms with Crippen LogP contribution in [-0.2, 0) is 9.53 Å². The summed E-state index contributed by atoms with van der Waals surface area (Å²) in [5.41, 5.74) is 0.963. The van der Waals surface area contributed by atoms with E-state index in [1.807, 2.05) is 39.8 Å². The lowest BCUT2D eigenvalue weighted by Gasteiger charge is -2.28. The molecule has 2 aromatic carbocycles. The summed E-state index contributed by atoms with van der Waals surface area (Å²) in [5.74, 6) is -1.04. The van der Waals surface area contributed by atoms with Gasteiger partial charge in [0.15, 0.2) is 0 Å². The number of benzene rings is 2. The van der Waals surface area contributed by atoms with E-state index >= 15 is 0 Å². The molecule has 6 nitrogen and oxygen atoms in total. The summed E-state index contributed by atoms with van der Waals surface area (Å²) >= 11 is 0. The number of amides is 2. The summed E-state index contributed by atoms with van der Waals surface area (Å²) in [6, 6.07) is 16.5. The number of rotatable bonds is 10. The molecule has 0 aliphatic rings. The third kappa shape index (κ3) is 7.24. The van der Waals surface area contributed by atoms with Crippen LogP contribution >= 0.6 is 0 Å². The van der Waals surface area contributed by atoms with Gasteiger partial charge >= 0.3 is 5.97 Å². The van der Waals surface area contributed by atoms with Gasteiger partial charge in [-0.2, -0.15) is 0 Å². The predicted molar refractivity (Wildman–Crippen MR) is 121 cm³/mol. The molecular formula is C25H32N2O4. The number of hydrogen-bond acceptors (Lipinski definition) is 4. The third-order valence-electron chi connectivity index (χ3n) is 5.35. The Morgan fingerprint density at radius 1 is 0.839 bits per heavy atom. The van der Waals surface area contributed by atoms with Crippen molar-refractivity contribution in [2.75, 3.05) is 6.61 Å². The van der Waals surface area contributed by atoms with Crippen molar-refractivity contribution in [2.45, 2.75) is 46.2 Å². The summed E-state index contributed by atoms with van der Waals surface area (Å²) in [6.07, 6.45) is 0.725. The van der Waals surface area contributed by atoms with Crippen LogP contribution in [0.25, 0.3) is 0 Å². The zero-order chi connectivity index (χ0) is 22.8. The molecule has 0 bridgehead atoms. The van der Waals surface area contributed by atoms with Crippen LogP contribution in [0.4, 0.5) is 0 Å². The molecule has 0 aliphatic carbocycles. The van der Waals surface area contributed by atoms with E-state index in [9.17, 15) is 14.4 Å². The van der Waals surface area contributed by atoms with Crippen molar-refractivity contribution >= 4 is 17.8 Å². The molecule has 2 rings (SSSR count). The minimum Gasteiger partial charge on any atom is -0.460 e. The number of nitrogens with one attached hydrogen (secondary N) is 2. The van der Waals surface area contributed by atoms with Gasteiger partial charge in [0.1, 0.15) is 12.6 Å². The van der Waals surface area contributed by atoms with E-state index in [0.717, 1.165) is 6.42 Å². The zero-order valence-electron chi connectivity index (χ0n) is 18.6. The average Bonchev–Trinajstić information content (AvgIpc) is 2.80. The van der Waals surface area contributed by atoms with E-state index < -0.39 is 12.0 Å². The highest BCUT2D eigenvalue weighted by molar-refractivity contribution is 5.97. The Labute approximate surface area is 184 Å². The van der Waals surface area contributed by atoms with Crippen molar-refractivity contribution in [1.29, 1.82) is 0 Å². The molecule has 0 aliphatic heterocycles. The minimum absolute atomic E-state index is 0.0370. The van der Waals surface area contributed by atoms with Gasteiger partial charge in [-0.05, 0) is 36.1 Å². The van der Waals surface area contributed by atoms with E-state index in [4.69, 9.17) is 4.74 Å². The highest BCUT2D eigenvalue weighted by Crippen LogP contribution is 2.12. The molecule has 6 heteroatoms. The maximum Gasteiger partial charge on any atom is 0.338 e. The smallest absolute Gasteiger partial charge is 0.338 e. The normalized spacial score (nSPS) is 13.7. The van der Waals surface area contributed by atoms with Crippen LogP contribution in [0.3, 0.4) is 0 Å². The first-order valence-corrected chi connectivity index (χ1v) is 10.7. The van der Waals surface area contributed by atoms with Crippen LogP contribution in [-0.4, -0.2) is 36.5 Å². The molecule has 0 saturated heterocycles. The molecule has 0 fully saturated rings. The molecule has 2 N–H and O–H groups in total. The fraction of sp³-hybridized carbons (Fsp3) is 0.400. The number of carbonyl (C=O) groups excluding carboxylic acids is 3. The molecule has 3 unspecified atom stereocenters. The summed E-state index contributed by atoms with van der Waals surface area (Å²) in [4.78, 5) is 37.9. The van der Waals surface area contributed by atoms with Crippen molar-refractivity contribution in [3.05, 3.63) is 71.8 Å². The summed E-state index contributed by atoms with van der Waals surface area (Å²) in [6.45, 7) is 7.84. The summed E-state index contributed by atoms with van der Waals surface area (Å²) < 4.78 is 5.43. The van der Waals surface area contributed by atoms with Crippen LogP contribution in [0.15, 0.2) is 60.7 Å². The van der Waals surface area contributed by atoms with Crippen molar-refractivity contribution in [3.63, 3.8) is 0 Å². The first-order chi connectivity index (χ1) is 14.8. The SMILES string of the molecule is CCC(C)C(NC(=O)c1ccccc1)C(=O)NC(COC(=O)c1ccccc1)C(C)C. The van der Waals surface area contributed by atoms with Crippen LogP contribution in [0, 0.1) is 11.8 Å². The highest BCUT2D eigenvalue weighted by atomic mass is 16.5. The molecule has 166 valence electrons. The van der Waals surface area contributed by atoms with Gasteiger partial charge in [0.2, 0.25) is 5.91 Å². The van der Waals surface area contributed by atoms with Crippen LogP contribution in [0.5, 0.6) is 0 Å². The minimum atomic E-state index is -0.691. The Kier molecular flexibility index (Phi) is 9.25. The van der Waals surface area contributed by atoms with E-state index in [-0.39, 0.29) is 36.3 Å². The maximum atomic E-state index is 13.1. The fourth-order valence-electron chi connectivity index (χ4n) is 3.01. The molecule has 0 aromatic heterocycles. The second kappa shape index (κ2) is 11.9. The molecule has 0 spiro atoms. The molecule has 31 heavy (non-hydrogen) atoms. The molecule has 0 radical (unpaired) electrons. The lowest BCUT2D eigenvalue weighted by atomic mass is 9.96. The third-order valence-corrected chi connectivity index (χ3v) is 5.35. The first-order valence-electron chi connectivity index (χ1n) is 10.7. The Bertz CT molecular complexity index is 852. The summed E-state index contributed by atoms with van der Waals surface area (Å²) in [5, 5.41) is 5.82. The second-order valence-electron chi connectivity index (χ2n) is 8.03. The number of carbonyl (C=O) groups is 3. The lowest BCUT2D eigenvalue weighted by molar-refractivity contribution is -0.125. The van der Waals surface area contributed by atoms with Crippen LogP contribution < -0.4 is 10.6 Å². The maximum absolute atomic E-state index is 13.1. The molecular weight excluding hydrogens is 392 g/mol. The predicted octanol–water partition coefficient (Wildman–Crippen LogP) is 3.83. The first kappa shape index (κ1) is 24.1. The van der Waals surface area contributed by atoms with E-state index in [1.54, 1.807) is 48.5 Å². The van der Waals surface area contributed by atoms with Crippen molar-refractivity contribution in [3.8, 4) is 0 Å². The van der Waals surface area contributed by atoms with Gasteiger partial charge in [-0.3, -0.25) is 9.59 Å². The van der Waals surface area contributed by atoms with E-state index in [2.05, 4.69) is 10.6 Å². The standard InChI is InChI=1S/C25H32N2O4/c1-5-18(4)22(27-23(28)19-12-8-6-9-13-19)24(29)26-21(17(2)3)16-31-25(30)20-14-10-7-11-15-20/h6-15,17-18,21-22H,5,16H2,1-4H3,(H,26,29)(H,27,28). The van der Waals surface area contributed by atoms with Gasteiger partial charge in [0.25, 0.3) is 5.91 Å². The van der Waals surface area contributed by atoms with Gasteiger partial charge in [-0.1, -0.05) is 70.5 Å². The molecule has 0 saturated carbocycles. The van der Waals surface area contributed by atoms with Crippen molar-refractivity contribution in [2.24, 2.45) is 11.8 Å². The Balaban J connectivity index is 2.04. The van der Waals surface area contributed by atoms with Crippen molar-refractivity contribution in [1.82, 2.24) is 10.6 Å². The van der Waals surface area contributed by atoms with Gasteiger partial charge in [0, 0.05) is 5.56 Å². The van der Waals surface area contributed by atoms with Gasteiger partial charge < -0.3 is 15.4 Å². The Morgan fingerprint density at radius 2 is 1.39 bits per heavy atom. The van der Waals surface area contributed by atoms with Crippen molar-refractivity contribution < 1.29 is 19.1 Å². The fourth-order valence-corrected chi connectivity index (χ4v) is 3.01.